The molecule has 1 aromatic rings. The van der Waals surface area contributed by atoms with E-state index in [0.717, 1.165) is 18.6 Å². The Bertz CT molecular complexity index is 286. The Labute approximate surface area is 91.1 Å². The summed E-state index contributed by atoms with van der Waals surface area (Å²) in [6, 6.07) is 7.94. The molecule has 1 aliphatic carbocycles. The van der Waals surface area contributed by atoms with Gasteiger partial charge in [0.25, 0.3) is 0 Å². The molecule has 0 saturated heterocycles. The number of hydrogen-bond acceptors (Lipinski definition) is 2. The molecule has 0 atom stereocenters. The molecule has 2 nitrogen and oxygen atoms in total. The first-order valence-corrected chi connectivity index (χ1v) is 5.74. The Hall–Kier alpha value is -1.02. The van der Waals surface area contributed by atoms with Crippen molar-refractivity contribution >= 4 is 0 Å². The summed E-state index contributed by atoms with van der Waals surface area (Å²) in [5.41, 5.74) is 1.24. The van der Waals surface area contributed by atoms with Crippen LogP contribution in [0.1, 0.15) is 37.7 Å². The number of aryl methyl sites for hydroxylation is 1. The molecule has 0 aromatic heterocycles. The minimum atomic E-state index is 0.292. The fourth-order valence-electron chi connectivity index (χ4n) is 1.88. The van der Waals surface area contributed by atoms with Gasteiger partial charge >= 0.3 is 0 Å². The normalized spacial score (nSPS) is 17.7. The van der Waals surface area contributed by atoms with Gasteiger partial charge < -0.3 is 4.89 Å². The quantitative estimate of drug-likeness (QED) is 0.555. The van der Waals surface area contributed by atoms with E-state index < -0.39 is 0 Å². The number of rotatable bonds is 3. The van der Waals surface area contributed by atoms with Crippen molar-refractivity contribution in [2.24, 2.45) is 0 Å². The molecular weight excluding hydrogens is 188 g/mol. The minimum absolute atomic E-state index is 0.292. The van der Waals surface area contributed by atoms with Crippen molar-refractivity contribution in [3.63, 3.8) is 0 Å². The van der Waals surface area contributed by atoms with Crippen molar-refractivity contribution < 1.29 is 9.78 Å². The van der Waals surface area contributed by atoms with Crippen molar-refractivity contribution in [3.05, 3.63) is 29.8 Å². The molecule has 15 heavy (non-hydrogen) atoms. The van der Waals surface area contributed by atoms with Crippen LogP contribution in [0.2, 0.25) is 0 Å². The van der Waals surface area contributed by atoms with Crippen LogP contribution in [0.5, 0.6) is 5.75 Å². The Balaban J connectivity index is 1.79. The molecule has 0 spiro atoms. The summed E-state index contributed by atoms with van der Waals surface area (Å²) in [5.74, 6) is 0.797. The average molecular weight is 206 g/mol. The Morgan fingerprint density at radius 2 is 1.67 bits per heavy atom. The SMILES string of the molecule is Cc1ccc(OOC2CCCCC2)cc1. The summed E-state index contributed by atoms with van der Waals surface area (Å²) >= 11 is 0. The van der Waals surface area contributed by atoms with Gasteiger partial charge in [-0.2, -0.15) is 4.89 Å². The highest BCUT2D eigenvalue weighted by Crippen LogP contribution is 2.21. The van der Waals surface area contributed by atoms with Crippen molar-refractivity contribution in [2.75, 3.05) is 0 Å². The molecule has 1 fully saturated rings. The van der Waals surface area contributed by atoms with Crippen molar-refractivity contribution in [2.45, 2.75) is 45.1 Å². The smallest absolute Gasteiger partial charge is 0.165 e. The monoisotopic (exact) mass is 206 g/mol. The van der Waals surface area contributed by atoms with Gasteiger partial charge in [0.2, 0.25) is 0 Å². The number of hydrogen-bond donors (Lipinski definition) is 0. The zero-order valence-electron chi connectivity index (χ0n) is 9.24. The first kappa shape index (κ1) is 10.5. The maximum Gasteiger partial charge on any atom is 0.165 e. The second-order valence-electron chi connectivity index (χ2n) is 4.25. The summed E-state index contributed by atoms with van der Waals surface area (Å²) in [6.07, 6.45) is 6.42. The second-order valence-corrected chi connectivity index (χ2v) is 4.25. The van der Waals surface area contributed by atoms with E-state index >= 15 is 0 Å². The van der Waals surface area contributed by atoms with Gasteiger partial charge in [-0.3, -0.25) is 0 Å². The second kappa shape index (κ2) is 5.17. The lowest BCUT2D eigenvalue weighted by atomic mass is 9.98. The van der Waals surface area contributed by atoms with Gasteiger partial charge in [0, 0.05) is 0 Å². The van der Waals surface area contributed by atoms with Gasteiger partial charge in [0.05, 0.1) is 0 Å². The van der Waals surface area contributed by atoms with Crippen LogP contribution < -0.4 is 4.89 Å². The molecule has 1 aliphatic rings. The van der Waals surface area contributed by atoms with E-state index in [2.05, 4.69) is 6.92 Å². The molecule has 1 saturated carbocycles. The molecule has 0 aliphatic heterocycles. The van der Waals surface area contributed by atoms with Crippen LogP contribution >= 0.6 is 0 Å². The maximum atomic E-state index is 5.41. The Morgan fingerprint density at radius 1 is 1.00 bits per heavy atom. The van der Waals surface area contributed by atoms with Crippen LogP contribution in [0, 0.1) is 6.92 Å². The van der Waals surface area contributed by atoms with Crippen LogP contribution in [-0.4, -0.2) is 6.10 Å². The number of benzene rings is 1. The van der Waals surface area contributed by atoms with E-state index in [4.69, 9.17) is 9.78 Å². The molecule has 0 heterocycles. The summed E-state index contributed by atoms with van der Waals surface area (Å²) < 4.78 is 0. The van der Waals surface area contributed by atoms with Gasteiger partial charge in [0.1, 0.15) is 6.10 Å². The highest BCUT2D eigenvalue weighted by molar-refractivity contribution is 5.25. The van der Waals surface area contributed by atoms with Crippen molar-refractivity contribution in [1.29, 1.82) is 0 Å². The van der Waals surface area contributed by atoms with Gasteiger partial charge in [-0.15, -0.1) is 0 Å². The summed E-state index contributed by atoms with van der Waals surface area (Å²) in [7, 11) is 0. The fourth-order valence-corrected chi connectivity index (χ4v) is 1.88. The molecular formula is C13H18O2. The fraction of sp³-hybridized carbons (Fsp3) is 0.538. The molecule has 1 aromatic carbocycles. The Kier molecular flexibility index (Phi) is 3.62. The molecule has 0 radical (unpaired) electrons. The van der Waals surface area contributed by atoms with E-state index in [1.807, 2.05) is 24.3 Å². The largest absolute Gasteiger partial charge is 0.337 e. The van der Waals surface area contributed by atoms with Crippen LogP contribution in [0.3, 0.4) is 0 Å². The highest BCUT2D eigenvalue weighted by Gasteiger charge is 2.15. The van der Waals surface area contributed by atoms with Crippen molar-refractivity contribution in [3.8, 4) is 5.75 Å². The molecule has 2 rings (SSSR count). The predicted octanol–water partition coefficient (Wildman–Crippen LogP) is 3.64. The zero-order chi connectivity index (χ0) is 10.5. The van der Waals surface area contributed by atoms with E-state index in [1.165, 1.54) is 24.8 Å². The molecule has 0 amide bonds. The summed E-state index contributed by atoms with van der Waals surface area (Å²) in [5, 5.41) is 0. The zero-order valence-corrected chi connectivity index (χ0v) is 9.24. The first-order valence-electron chi connectivity index (χ1n) is 5.74. The van der Waals surface area contributed by atoms with E-state index in [1.54, 1.807) is 0 Å². The minimum Gasteiger partial charge on any atom is -0.337 e. The third-order valence-electron chi connectivity index (χ3n) is 2.85. The molecule has 0 unspecified atom stereocenters. The lowest BCUT2D eigenvalue weighted by Crippen LogP contribution is -2.18. The van der Waals surface area contributed by atoms with E-state index in [-0.39, 0.29) is 0 Å². The third kappa shape index (κ3) is 3.24. The van der Waals surface area contributed by atoms with Gasteiger partial charge in [-0.1, -0.05) is 37.0 Å². The van der Waals surface area contributed by atoms with E-state index in [0.29, 0.717) is 6.10 Å². The predicted molar refractivity (Wildman–Crippen MR) is 59.8 cm³/mol. The summed E-state index contributed by atoms with van der Waals surface area (Å²) in [6.45, 7) is 2.06. The van der Waals surface area contributed by atoms with Crippen molar-refractivity contribution in [1.82, 2.24) is 0 Å². The van der Waals surface area contributed by atoms with Crippen LogP contribution in [0.4, 0.5) is 0 Å². The molecule has 0 N–H and O–H groups in total. The van der Waals surface area contributed by atoms with Gasteiger partial charge in [-0.25, -0.2) is 0 Å². The Morgan fingerprint density at radius 3 is 2.33 bits per heavy atom. The van der Waals surface area contributed by atoms with E-state index in [9.17, 15) is 0 Å². The topological polar surface area (TPSA) is 18.5 Å². The summed E-state index contributed by atoms with van der Waals surface area (Å²) in [4.78, 5) is 10.7. The molecule has 82 valence electrons. The first-order chi connectivity index (χ1) is 7.34. The highest BCUT2D eigenvalue weighted by atomic mass is 17.2. The van der Waals surface area contributed by atoms with Gasteiger partial charge in [0.15, 0.2) is 5.75 Å². The lowest BCUT2D eigenvalue weighted by Gasteiger charge is -2.20. The van der Waals surface area contributed by atoms with Crippen LogP contribution in [0.15, 0.2) is 24.3 Å². The standard InChI is InChI=1S/C13H18O2/c1-11-7-9-13(10-8-11)15-14-12-5-3-2-4-6-12/h7-10,12H,2-6H2,1H3. The average Bonchev–Trinajstić information content (AvgIpc) is 2.30. The molecule has 0 bridgehead atoms. The molecule has 2 heteroatoms. The van der Waals surface area contributed by atoms with Crippen LogP contribution in [0.25, 0.3) is 0 Å². The third-order valence-corrected chi connectivity index (χ3v) is 2.85. The van der Waals surface area contributed by atoms with Gasteiger partial charge in [-0.05, 0) is 31.9 Å². The lowest BCUT2D eigenvalue weighted by molar-refractivity contribution is -0.250. The maximum absolute atomic E-state index is 5.41. The van der Waals surface area contributed by atoms with Crippen LogP contribution in [-0.2, 0) is 4.89 Å².